The Labute approximate surface area is 116 Å². The third-order valence-electron chi connectivity index (χ3n) is 1.76. The molecule has 82 valence electrons. The molecule has 0 fully saturated rings. The molecule has 16 heavy (non-hydrogen) atoms. The number of carbonyl (C=O) groups excluding carboxylic acids is 1. The molecule has 7 heteroatoms. The third-order valence-corrected chi connectivity index (χ3v) is 2.62. The van der Waals surface area contributed by atoms with Gasteiger partial charge in [0.15, 0.2) is 0 Å². The van der Waals surface area contributed by atoms with Crippen LogP contribution in [0.2, 0.25) is 0 Å². The van der Waals surface area contributed by atoms with Gasteiger partial charge in [0.05, 0.1) is 4.90 Å². The van der Waals surface area contributed by atoms with Crippen molar-refractivity contribution in [2.24, 2.45) is 0 Å². The van der Waals surface area contributed by atoms with E-state index in [4.69, 9.17) is 4.55 Å². The van der Waals surface area contributed by atoms with E-state index in [1.807, 2.05) is 0 Å². The number of hydrogen-bond acceptors (Lipinski definition) is 3. The summed E-state index contributed by atoms with van der Waals surface area (Å²) < 4.78 is 30.1. The first kappa shape index (κ1) is 15.6. The van der Waals surface area contributed by atoms with Crippen LogP contribution in [0.4, 0.5) is 5.69 Å². The molecule has 0 atom stereocenters. The summed E-state index contributed by atoms with van der Waals surface area (Å²) >= 11 is 0. The van der Waals surface area contributed by atoms with E-state index in [1.165, 1.54) is 24.3 Å². The molecule has 1 rings (SSSR count). The predicted molar refractivity (Wildman–Crippen MR) is 55.2 cm³/mol. The van der Waals surface area contributed by atoms with Crippen LogP contribution in [0.3, 0.4) is 0 Å². The van der Waals surface area contributed by atoms with Crippen LogP contribution in [0.15, 0.2) is 29.2 Å². The number of amides is 1. The Balaban J connectivity index is 0.00000225. The maximum atomic E-state index is 11.0. The van der Waals surface area contributed by atoms with E-state index in [2.05, 4.69) is 5.32 Å². The minimum Gasteiger partial charge on any atom is -0.326 e. The molecule has 0 radical (unpaired) electrons. The quantitative estimate of drug-likeness (QED) is 0.495. The van der Waals surface area contributed by atoms with Gasteiger partial charge < -0.3 is 5.32 Å². The molecule has 0 aliphatic heterocycles. The Morgan fingerprint density at radius 1 is 1.31 bits per heavy atom. The Morgan fingerprint density at radius 2 is 1.81 bits per heavy atom. The first-order valence-electron chi connectivity index (χ1n) is 4.31. The fourth-order valence-electron chi connectivity index (χ4n) is 0.960. The Hall–Kier alpha value is -0.400. The van der Waals surface area contributed by atoms with Gasteiger partial charge in [-0.25, -0.2) is 0 Å². The first-order chi connectivity index (χ1) is 6.93. The summed E-state index contributed by atoms with van der Waals surface area (Å²) in [5.74, 6) is -0.158. The van der Waals surface area contributed by atoms with Gasteiger partial charge in [0.2, 0.25) is 5.91 Å². The largest absolute Gasteiger partial charge is 1.00 e. The van der Waals surface area contributed by atoms with Crippen LogP contribution >= 0.6 is 0 Å². The molecule has 0 bridgehead atoms. The van der Waals surface area contributed by atoms with E-state index < -0.39 is 10.1 Å². The second-order valence-corrected chi connectivity index (χ2v) is 4.32. The molecule has 1 amide bonds. The fraction of sp³-hybridized carbons (Fsp3) is 0.222. The molecule has 0 aliphatic carbocycles. The van der Waals surface area contributed by atoms with Crippen molar-refractivity contribution >= 4 is 21.7 Å². The van der Waals surface area contributed by atoms with Crippen molar-refractivity contribution in [2.45, 2.75) is 18.2 Å². The summed E-state index contributed by atoms with van der Waals surface area (Å²) in [6.07, 6.45) is 0.347. The van der Waals surface area contributed by atoms with Crippen molar-refractivity contribution in [1.82, 2.24) is 0 Å². The number of nitrogens with one attached hydrogen (secondary N) is 1. The van der Waals surface area contributed by atoms with Gasteiger partial charge in [-0.1, -0.05) is 6.92 Å². The number of carbonyl (C=O) groups is 1. The van der Waals surface area contributed by atoms with Gasteiger partial charge in [0.25, 0.3) is 10.1 Å². The molecule has 0 aromatic heterocycles. The van der Waals surface area contributed by atoms with Crippen LogP contribution in [-0.2, 0) is 14.9 Å². The molecule has 0 spiro atoms. The Morgan fingerprint density at radius 3 is 2.19 bits per heavy atom. The zero-order chi connectivity index (χ0) is 11.5. The molecule has 0 aliphatic rings. The van der Waals surface area contributed by atoms with Gasteiger partial charge >= 0.3 is 29.6 Å². The summed E-state index contributed by atoms with van der Waals surface area (Å²) in [4.78, 5) is 10.8. The van der Waals surface area contributed by atoms with Gasteiger partial charge in [-0.3, -0.25) is 9.35 Å². The van der Waals surface area contributed by atoms with Gasteiger partial charge in [0, 0.05) is 12.1 Å². The SMILES string of the molecule is CCC(=O)Nc1ccc(S(=O)(=O)O)cc1.[Na+]. The van der Waals surface area contributed by atoms with Crippen molar-refractivity contribution in [2.75, 3.05) is 5.32 Å². The van der Waals surface area contributed by atoms with Crippen LogP contribution in [0.1, 0.15) is 13.3 Å². The van der Waals surface area contributed by atoms with Crippen LogP contribution < -0.4 is 34.9 Å². The molecule has 5 nitrogen and oxygen atoms in total. The average Bonchev–Trinajstić information content (AvgIpc) is 2.17. The van der Waals surface area contributed by atoms with Gasteiger partial charge in [-0.2, -0.15) is 8.42 Å². The average molecular weight is 252 g/mol. The molecule has 2 N–H and O–H groups in total. The summed E-state index contributed by atoms with van der Waals surface area (Å²) in [5, 5.41) is 2.55. The number of rotatable bonds is 3. The normalized spacial score (nSPS) is 10.4. The second-order valence-electron chi connectivity index (χ2n) is 2.90. The Bertz CT molecular complexity index is 455. The van der Waals surface area contributed by atoms with E-state index in [9.17, 15) is 13.2 Å². The van der Waals surface area contributed by atoms with E-state index in [0.29, 0.717) is 12.1 Å². The predicted octanol–water partition coefficient (Wildman–Crippen LogP) is -1.71. The number of hydrogen-bond donors (Lipinski definition) is 2. The van der Waals surface area contributed by atoms with E-state index >= 15 is 0 Å². The Kier molecular flexibility index (Phi) is 6.20. The topological polar surface area (TPSA) is 83.5 Å². The maximum absolute atomic E-state index is 11.0. The standard InChI is InChI=1S/C9H11NO4S.Na/c1-2-9(11)10-7-3-5-8(6-4-7)15(12,13)14;/h3-6H,2H2,1H3,(H,10,11)(H,12,13,14);/q;+1. The zero-order valence-electron chi connectivity index (χ0n) is 9.10. The van der Waals surface area contributed by atoms with E-state index in [-0.39, 0.29) is 40.4 Å². The first-order valence-corrected chi connectivity index (χ1v) is 5.75. The molecule has 1 aromatic carbocycles. The smallest absolute Gasteiger partial charge is 0.326 e. The zero-order valence-corrected chi connectivity index (χ0v) is 11.9. The molecule has 0 saturated heterocycles. The minimum absolute atomic E-state index is 0. The van der Waals surface area contributed by atoms with E-state index in [0.717, 1.165) is 0 Å². The third kappa shape index (κ3) is 4.63. The van der Waals surface area contributed by atoms with Gasteiger partial charge in [0.1, 0.15) is 0 Å². The summed E-state index contributed by atoms with van der Waals surface area (Å²) in [5.41, 5.74) is 0.495. The summed E-state index contributed by atoms with van der Waals surface area (Å²) in [6, 6.07) is 5.27. The molecular formula is C9H11NNaO4S+. The van der Waals surface area contributed by atoms with Crippen LogP contribution in [0.5, 0.6) is 0 Å². The minimum atomic E-state index is -4.17. The second kappa shape index (κ2) is 6.36. The van der Waals surface area contributed by atoms with Gasteiger partial charge in [-0.15, -0.1) is 0 Å². The van der Waals surface area contributed by atoms with Crippen LogP contribution in [0.25, 0.3) is 0 Å². The van der Waals surface area contributed by atoms with Crippen molar-refractivity contribution in [3.05, 3.63) is 24.3 Å². The molecule has 1 aromatic rings. The molecule has 0 saturated carbocycles. The van der Waals surface area contributed by atoms with Crippen molar-refractivity contribution in [1.29, 1.82) is 0 Å². The van der Waals surface area contributed by atoms with Crippen molar-refractivity contribution in [3.63, 3.8) is 0 Å². The fourth-order valence-corrected chi connectivity index (χ4v) is 1.44. The summed E-state index contributed by atoms with van der Waals surface area (Å²) in [7, 11) is -4.17. The van der Waals surface area contributed by atoms with Crippen LogP contribution in [0, 0.1) is 0 Å². The maximum Gasteiger partial charge on any atom is 1.00 e. The van der Waals surface area contributed by atoms with Crippen molar-refractivity contribution in [3.8, 4) is 0 Å². The summed E-state index contributed by atoms with van der Waals surface area (Å²) in [6.45, 7) is 1.71. The molecular weight excluding hydrogens is 241 g/mol. The van der Waals surface area contributed by atoms with E-state index in [1.54, 1.807) is 6.92 Å². The monoisotopic (exact) mass is 252 g/mol. The van der Waals surface area contributed by atoms with Crippen LogP contribution in [-0.4, -0.2) is 18.9 Å². The number of anilines is 1. The van der Waals surface area contributed by atoms with Gasteiger partial charge in [-0.05, 0) is 24.3 Å². The molecule has 0 heterocycles. The van der Waals surface area contributed by atoms with Crippen molar-refractivity contribution < 1.29 is 47.3 Å². The molecule has 0 unspecified atom stereocenters. The number of benzene rings is 1.